The fourth-order valence-electron chi connectivity index (χ4n) is 5.04. The van der Waals surface area contributed by atoms with Crippen molar-refractivity contribution < 1.29 is 28.9 Å². The Morgan fingerprint density at radius 2 is 1.60 bits per heavy atom. The smallest absolute Gasteiger partial charge is 0.308 e. The van der Waals surface area contributed by atoms with Gasteiger partial charge in [0.1, 0.15) is 23.0 Å². The Hall–Kier alpha value is -4.00. The number of esters is 1. The van der Waals surface area contributed by atoms with Crippen LogP contribution in [0.3, 0.4) is 0 Å². The van der Waals surface area contributed by atoms with Gasteiger partial charge < -0.3 is 24.2 Å². The van der Waals surface area contributed by atoms with Crippen LogP contribution in [0.2, 0.25) is 0 Å². The van der Waals surface area contributed by atoms with Crippen molar-refractivity contribution in [2.75, 3.05) is 27.3 Å². The first-order chi connectivity index (χ1) is 17.0. The zero-order valence-electron chi connectivity index (χ0n) is 19.7. The van der Waals surface area contributed by atoms with Gasteiger partial charge in [0.2, 0.25) is 0 Å². The number of carbonyl (C=O) groups excluding carboxylic acids is 2. The monoisotopic (exact) mass is 473 g/mol. The molecule has 1 unspecified atom stereocenters. The lowest BCUT2D eigenvalue weighted by Gasteiger charge is -2.33. The normalized spacial score (nSPS) is 17.1. The predicted molar refractivity (Wildman–Crippen MR) is 129 cm³/mol. The number of hydrogen-bond donors (Lipinski definition) is 1. The van der Waals surface area contributed by atoms with Crippen molar-refractivity contribution in [2.45, 2.75) is 18.8 Å². The molecule has 7 heteroatoms. The molecule has 1 fully saturated rings. The van der Waals surface area contributed by atoms with Crippen LogP contribution in [-0.4, -0.2) is 49.2 Å². The SMILES string of the molecule is COC(=O)C1CCN(C(=O)c2ccccc2C2c3ccc(O)cc3Oc3cc(OC)ccc32)CC1. The summed E-state index contributed by atoms with van der Waals surface area (Å²) >= 11 is 0. The van der Waals surface area contributed by atoms with Gasteiger partial charge in [0.05, 0.1) is 20.1 Å². The zero-order valence-corrected chi connectivity index (χ0v) is 19.7. The number of likely N-dealkylation sites (tertiary alicyclic amines) is 1. The minimum absolute atomic E-state index is 0.0641. The van der Waals surface area contributed by atoms with E-state index in [0.717, 1.165) is 16.7 Å². The Morgan fingerprint density at radius 1 is 0.914 bits per heavy atom. The van der Waals surface area contributed by atoms with Gasteiger partial charge in [0.15, 0.2) is 0 Å². The third kappa shape index (κ3) is 4.18. The number of methoxy groups -OCH3 is 2. The Balaban J connectivity index is 1.54. The number of nitrogens with zero attached hydrogens (tertiary/aromatic N) is 1. The molecule has 0 radical (unpaired) electrons. The van der Waals surface area contributed by atoms with Gasteiger partial charge in [-0.25, -0.2) is 0 Å². The number of aromatic hydroxyl groups is 1. The molecule has 35 heavy (non-hydrogen) atoms. The molecule has 0 bridgehead atoms. The largest absolute Gasteiger partial charge is 0.508 e. The number of carbonyl (C=O) groups is 2. The minimum Gasteiger partial charge on any atom is -0.508 e. The highest BCUT2D eigenvalue weighted by molar-refractivity contribution is 5.96. The predicted octanol–water partition coefficient (Wildman–Crippen LogP) is 4.71. The van der Waals surface area contributed by atoms with Crippen molar-refractivity contribution in [3.05, 3.63) is 82.9 Å². The Morgan fingerprint density at radius 3 is 2.31 bits per heavy atom. The molecule has 5 rings (SSSR count). The number of ether oxygens (including phenoxy) is 3. The molecule has 2 heterocycles. The number of amides is 1. The van der Waals surface area contributed by atoms with Gasteiger partial charge in [-0.15, -0.1) is 0 Å². The van der Waals surface area contributed by atoms with Crippen LogP contribution in [0, 0.1) is 5.92 Å². The lowest BCUT2D eigenvalue weighted by atomic mass is 9.80. The molecule has 1 saturated heterocycles. The van der Waals surface area contributed by atoms with Crippen LogP contribution in [0.25, 0.3) is 0 Å². The lowest BCUT2D eigenvalue weighted by molar-refractivity contribution is -0.146. The second kappa shape index (κ2) is 9.33. The van der Waals surface area contributed by atoms with Crippen molar-refractivity contribution in [2.24, 2.45) is 5.92 Å². The van der Waals surface area contributed by atoms with Gasteiger partial charge in [0.25, 0.3) is 5.91 Å². The Bertz CT molecular complexity index is 1280. The molecule has 1 amide bonds. The molecule has 180 valence electrons. The quantitative estimate of drug-likeness (QED) is 0.432. The molecule has 2 aliphatic rings. The molecule has 0 aliphatic carbocycles. The van der Waals surface area contributed by atoms with Crippen molar-refractivity contribution in [1.29, 1.82) is 0 Å². The van der Waals surface area contributed by atoms with Gasteiger partial charge in [0, 0.05) is 47.8 Å². The first-order valence-electron chi connectivity index (χ1n) is 11.6. The van der Waals surface area contributed by atoms with Gasteiger partial charge in [-0.3, -0.25) is 9.59 Å². The van der Waals surface area contributed by atoms with Crippen molar-refractivity contribution in [3.8, 4) is 23.0 Å². The summed E-state index contributed by atoms with van der Waals surface area (Å²) in [5.74, 6) is 1.20. The van der Waals surface area contributed by atoms with Crippen LogP contribution < -0.4 is 9.47 Å². The summed E-state index contributed by atoms with van der Waals surface area (Å²) in [5, 5.41) is 10.1. The van der Waals surface area contributed by atoms with Gasteiger partial charge in [-0.05, 0) is 36.6 Å². The molecular weight excluding hydrogens is 446 g/mol. The minimum atomic E-state index is -0.270. The molecule has 0 spiro atoms. The van der Waals surface area contributed by atoms with Crippen LogP contribution in [0.4, 0.5) is 0 Å². The number of fused-ring (bicyclic) bond motifs is 2. The van der Waals surface area contributed by atoms with E-state index >= 15 is 0 Å². The highest BCUT2D eigenvalue weighted by Crippen LogP contribution is 2.49. The molecule has 1 atom stereocenters. The molecule has 3 aromatic carbocycles. The van der Waals surface area contributed by atoms with Crippen molar-refractivity contribution in [1.82, 2.24) is 4.90 Å². The van der Waals surface area contributed by atoms with Gasteiger partial charge >= 0.3 is 5.97 Å². The van der Waals surface area contributed by atoms with E-state index in [1.165, 1.54) is 7.11 Å². The number of hydrogen-bond acceptors (Lipinski definition) is 6. The first kappa shape index (κ1) is 22.8. The average molecular weight is 474 g/mol. The molecule has 1 N–H and O–H groups in total. The van der Waals surface area contributed by atoms with E-state index in [2.05, 4.69) is 0 Å². The maximum Gasteiger partial charge on any atom is 0.308 e. The van der Waals surface area contributed by atoms with Crippen LogP contribution in [0.15, 0.2) is 60.7 Å². The third-order valence-electron chi connectivity index (χ3n) is 6.88. The second-order valence-electron chi connectivity index (χ2n) is 8.84. The number of benzene rings is 3. The summed E-state index contributed by atoms with van der Waals surface area (Å²) in [6.07, 6.45) is 1.17. The van der Waals surface area contributed by atoms with Crippen LogP contribution in [0.5, 0.6) is 23.0 Å². The van der Waals surface area contributed by atoms with E-state index in [-0.39, 0.29) is 29.5 Å². The number of phenolic OH excluding ortho intramolecular Hbond substituents is 1. The highest BCUT2D eigenvalue weighted by atomic mass is 16.5. The molecular formula is C28H27NO6. The van der Waals surface area contributed by atoms with E-state index in [4.69, 9.17) is 14.2 Å². The standard InChI is InChI=1S/C28H27NO6/c1-33-19-8-10-23-25(16-19)35-24-15-18(30)7-9-22(24)26(23)20-5-3-4-6-21(20)27(31)29-13-11-17(12-14-29)28(32)34-2/h3-10,15-17,26,30H,11-14H2,1-2H3. The van der Waals surface area contributed by atoms with Crippen LogP contribution in [-0.2, 0) is 9.53 Å². The first-order valence-corrected chi connectivity index (χ1v) is 11.6. The molecule has 7 nitrogen and oxygen atoms in total. The average Bonchev–Trinajstić information content (AvgIpc) is 2.90. The van der Waals surface area contributed by atoms with Gasteiger partial charge in [-0.1, -0.05) is 30.3 Å². The number of piperidine rings is 1. The maximum absolute atomic E-state index is 13.7. The van der Waals surface area contributed by atoms with E-state index in [0.29, 0.717) is 48.7 Å². The number of phenols is 1. The van der Waals surface area contributed by atoms with Crippen molar-refractivity contribution in [3.63, 3.8) is 0 Å². The maximum atomic E-state index is 13.7. The molecule has 0 saturated carbocycles. The Kier molecular flexibility index (Phi) is 6.07. The van der Waals surface area contributed by atoms with E-state index in [1.54, 1.807) is 19.2 Å². The summed E-state index contributed by atoms with van der Waals surface area (Å²) in [7, 11) is 2.99. The van der Waals surface area contributed by atoms with Crippen LogP contribution >= 0.6 is 0 Å². The van der Waals surface area contributed by atoms with E-state index in [9.17, 15) is 14.7 Å². The summed E-state index contributed by atoms with van der Waals surface area (Å²) in [6, 6.07) is 18.3. The molecule has 2 aliphatic heterocycles. The summed E-state index contributed by atoms with van der Waals surface area (Å²) < 4.78 is 16.4. The zero-order chi connectivity index (χ0) is 24.5. The summed E-state index contributed by atoms with van der Waals surface area (Å²) in [6.45, 7) is 0.998. The van der Waals surface area contributed by atoms with E-state index < -0.39 is 0 Å². The second-order valence-corrected chi connectivity index (χ2v) is 8.84. The van der Waals surface area contributed by atoms with Crippen LogP contribution in [0.1, 0.15) is 45.8 Å². The molecule has 0 aromatic heterocycles. The Labute approximate surface area is 203 Å². The van der Waals surface area contributed by atoms with Gasteiger partial charge in [-0.2, -0.15) is 0 Å². The summed E-state index contributed by atoms with van der Waals surface area (Å²) in [5.41, 5.74) is 3.24. The lowest BCUT2D eigenvalue weighted by Crippen LogP contribution is -2.41. The van der Waals surface area contributed by atoms with E-state index in [1.807, 2.05) is 53.4 Å². The molecule has 3 aromatic rings. The topological polar surface area (TPSA) is 85.3 Å². The highest BCUT2D eigenvalue weighted by Gasteiger charge is 2.34. The number of rotatable bonds is 4. The summed E-state index contributed by atoms with van der Waals surface area (Å²) in [4.78, 5) is 27.4. The van der Waals surface area contributed by atoms with Crippen molar-refractivity contribution >= 4 is 11.9 Å². The fraction of sp³-hybridized carbons (Fsp3) is 0.286. The third-order valence-corrected chi connectivity index (χ3v) is 6.88. The fourth-order valence-corrected chi connectivity index (χ4v) is 5.04.